The quantitative estimate of drug-likeness (QED) is 0.674. The summed E-state index contributed by atoms with van der Waals surface area (Å²) >= 11 is 0. The zero-order valence-electron chi connectivity index (χ0n) is 18.1. The molecule has 2 aromatic rings. The summed E-state index contributed by atoms with van der Waals surface area (Å²) in [7, 11) is 0. The molecule has 0 saturated carbocycles. The van der Waals surface area contributed by atoms with Gasteiger partial charge in [0.2, 0.25) is 5.91 Å². The Bertz CT molecular complexity index is 922. The van der Waals surface area contributed by atoms with Crippen LogP contribution in [-0.4, -0.2) is 96.5 Å². The van der Waals surface area contributed by atoms with Gasteiger partial charge in [-0.3, -0.25) is 9.69 Å². The number of hydrogen-bond donors (Lipinski definition) is 1. The molecule has 0 aliphatic carbocycles. The Balaban J connectivity index is 1.27. The Morgan fingerprint density at radius 3 is 2.06 bits per heavy atom. The molecule has 0 spiro atoms. The Labute approximate surface area is 187 Å². The minimum absolute atomic E-state index is 0.116. The fourth-order valence-corrected chi connectivity index (χ4v) is 4.03. The number of piperazine rings is 2. The minimum Gasteiger partial charge on any atom is -0.395 e. The summed E-state index contributed by atoms with van der Waals surface area (Å²) in [6, 6.07) is 10.4. The van der Waals surface area contributed by atoms with E-state index in [4.69, 9.17) is 5.11 Å². The number of benzene rings is 1. The van der Waals surface area contributed by atoms with E-state index in [1.54, 1.807) is 23.1 Å². The first-order valence-corrected chi connectivity index (χ1v) is 11.0. The van der Waals surface area contributed by atoms with Crippen molar-refractivity contribution in [1.29, 1.82) is 0 Å². The molecule has 1 N–H and O–H groups in total. The molecule has 4 rings (SSSR count). The van der Waals surface area contributed by atoms with Crippen LogP contribution in [0.25, 0.3) is 6.08 Å². The Kier molecular flexibility index (Phi) is 7.28. The number of aliphatic hydroxyl groups is 1. The van der Waals surface area contributed by atoms with Gasteiger partial charge in [-0.1, -0.05) is 18.2 Å². The summed E-state index contributed by atoms with van der Waals surface area (Å²) in [5, 5.41) is 17.9. The lowest BCUT2D eigenvalue weighted by molar-refractivity contribution is -0.126. The van der Waals surface area contributed by atoms with Crippen molar-refractivity contribution in [3.63, 3.8) is 0 Å². The van der Waals surface area contributed by atoms with E-state index in [9.17, 15) is 9.18 Å². The van der Waals surface area contributed by atoms with Crippen LogP contribution in [0.1, 0.15) is 5.56 Å². The summed E-state index contributed by atoms with van der Waals surface area (Å²) < 4.78 is 13.7. The monoisotopic (exact) mass is 440 g/mol. The summed E-state index contributed by atoms with van der Waals surface area (Å²) in [6.45, 7) is 6.97. The molecule has 3 heterocycles. The van der Waals surface area contributed by atoms with Gasteiger partial charge in [-0.2, -0.15) is 0 Å². The van der Waals surface area contributed by atoms with Crippen molar-refractivity contribution in [3.8, 4) is 0 Å². The normalized spacial score (nSPS) is 17.9. The maximum atomic E-state index is 13.7. The van der Waals surface area contributed by atoms with E-state index in [1.165, 1.54) is 18.2 Å². The van der Waals surface area contributed by atoms with Gasteiger partial charge in [-0.15, -0.1) is 10.2 Å². The Morgan fingerprint density at radius 2 is 1.50 bits per heavy atom. The van der Waals surface area contributed by atoms with Crippen LogP contribution >= 0.6 is 0 Å². The predicted octanol–water partition coefficient (Wildman–Crippen LogP) is 1.09. The molecule has 2 aliphatic rings. The van der Waals surface area contributed by atoms with Crippen molar-refractivity contribution >= 4 is 23.6 Å². The van der Waals surface area contributed by atoms with E-state index in [0.717, 1.165) is 37.8 Å². The van der Waals surface area contributed by atoms with Gasteiger partial charge < -0.3 is 19.8 Å². The van der Waals surface area contributed by atoms with Crippen molar-refractivity contribution in [2.75, 3.05) is 75.3 Å². The van der Waals surface area contributed by atoms with Gasteiger partial charge in [0.25, 0.3) is 0 Å². The highest BCUT2D eigenvalue weighted by molar-refractivity contribution is 5.92. The van der Waals surface area contributed by atoms with E-state index in [2.05, 4.69) is 24.9 Å². The lowest BCUT2D eigenvalue weighted by Crippen LogP contribution is -2.49. The molecule has 2 aliphatic heterocycles. The molecule has 1 aromatic heterocycles. The molecule has 1 amide bonds. The zero-order chi connectivity index (χ0) is 22.3. The first-order valence-electron chi connectivity index (χ1n) is 11.0. The number of aromatic nitrogens is 2. The third-order valence-corrected chi connectivity index (χ3v) is 5.97. The highest BCUT2D eigenvalue weighted by atomic mass is 19.1. The maximum absolute atomic E-state index is 13.7. The van der Waals surface area contributed by atoms with Crippen LogP contribution in [-0.2, 0) is 4.79 Å². The fourth-order valence-electron chi connectivity index (χ4n) is 4.03. The summed E-state index contributed by atoms with van der Waals surface area (Å²) in [4.78, 5) is 20.8. The molecule has 0 bridgehead atoms. The lowest BCUT2D eigenvalue weighted by atomic mass is 10.2. The highest BCUT2D eigenvalue weighted by Gasteiger charge is 2.22. The molecule has 1 aromatic carbocycles. The summed E-state index contributed by atoms with van der Waals surface area (Å²) in [5.41, 5.74) is 0.407. The summed E-state index contributed by atoms with van der Waals surface area (Å²) in [6.07, 6.45) is 2.96. The van der Waals surface area contributed by atoms with Crippen LogP contribution in [0.15, 0.2) is 42.5 Å². The number of β-amino-alcohol motifs (C(OH)–C–C–N with tert-alkyl or cyclic N) is 1. The number of rotatable bonds is 6. The van der Waals surface area contributed by atoms with E-state index in [0.29, 0.717) is 38.3 Å². The van der Waals surface area contributed by atoms with Crippen molar-refractivity contribution < 1.29 is 14.3 Å². The number of aliphatic hydroxyl groups excluding tert-OH is 1. The van der Waals surface area contributed by atoms with Gasteiger partial charge in [0.05, 0.1) is 6.61 Å². The van der Waals surface area contributed by atoms with Gasteiger partial charge in [-0.25, -0.2) is 4.39 Å². The highest BCUT2D eigenvalue weighted by Crippen LogP contribution is 2.18. The van der Waals surface area contributed by atoms with Gasteiger partial charge in [0.1, 0.15) is 5.82 Å². The lowest BCUT2D eigenvalue weighted by Gasteiger charge is -2.36. The first kappa shape index (κ1) is 22.2. The third kappa shape index (κ3) is 5.41. The summed E-state index contributed by atoms with van der Waals surface area (Å²) in [5.74, 6) is 1.22. The standard InChI is InChI=1S/C23H29FN6O2/c24-20-4-2-1-3-19(20)5-8-23(32)30-15-13-29(14-16-30)22-7-6-21(25-26-22)28-11-9-27(10-12-28)17-18-31/h1-8,31H,9-18H2/b8-5+. The van der Waals surface area contributed by atoms with E-state index >= 15 is 0 Å². The molecule has 32 heavy (non-hydrogen) atoms. The van der Waals surface area contributed by atoms with Crippen molar-refractivity contribution in [1.82, 2.24) is 20.0 Å². The van der Waals surface area contributed by atoms with Crippen LogP contribution in [0.3, 0.4) is 0 Å². The molecular weight excluding hydrogens is 411 g/mol. The van der Waals surface area contributed by atoms with Crippen molar-refractivity contribution in [3.05, 3.63) is 53.9 Å². The second kappa shape index (κ2) is 10.5. The smallest absolute Gasteiger partial charge is 0.246 e. The molecule has 170 valence electrons. The maximum Gasteiger partial charge on any atom is 0.246 e. The van der Waals surface area contributed by atoms with Gasteiger partial charge >= 0.3 is 0 Å². The van der Waals surface area contributed by atoms with Crippen LogP contribution in [0.5, 0.6) is 0 Å². The van der Waals surface area contributed by atoms with Crippen LogP contribution in [0.4, 0.5) is 16.0 Å². The topological polar surface area (TPSA) is 76.0 Å². The number of amides is 1. The molecule has 8 nitrogen and oxygen atoms in total. The van der Waals surface area contributed by atoms with E-state index < -0.39 is 0 Å². The predicted molar refractivity (Wildman–Crippen MR) is 122 cm³/mol. The number of anilines is 2. The Hall–Kier alpha value is -3.04. The van der Waals surface area contributed by atoms with Crippen LogP contribution in [0, 0.1) is 5.82 Å². The van der Waals surface area contributed by atoms with Crippen molar-refractivity contribution in [2.24, 2.45) is 0 Å². The molecule has 0 atom stereocenters. The molecule has 9 heteroatoms. The van der Waals surface area contributed by atoms with Gasteiger partial charge in [0, 0.05) is 70.5 Å². The molecule has 0 radical (unpaired) electrons. The third-order valence-electron chi connectivity index (χ3n) is 5.97. The van der Waals surface area contributed by atoms with Gasteiger partial charge in [-0.05, 0) is 24.3 Å². The number of carbonyl (C=O) groups excluding carboxylic acids is 1. The first-order chi connectivity index (χ1) is 15.6. The van der Waals surface area contributed by atoms with Crippen LogP contribution < -0.4 is 9.80 Å². The zero-order valence-corrected chi connectivity index (χ0v) is 18.1. The second-order valence-corrected chi connectivity index (χ2v) is 7.97. The second-order valence-electron chi connectivity index (χ2n) is 7.97. The van der Waals surface area contributed by atoms with E-state index in [1.807, 2.05) is 12.1 Å². The Morgan fingerprint density at radius 1 is 0.906 bits per heavy atom. The number of carbonyl (C=O) groups is 1. The van der Waals surface area contributed by atoms with Crippen LogP contribution in [0.2, 0.25) is 0 Å². The molecule has 2 fully saturated rings. The molecule has 2 saturated heterocycles. The molecule has 0 unspecified atom stereocenters. The van der Waals surface area contributed by atoms with Crippen molar-refractivity contribution in [2.45, 2.75) is 0 Å². The fraction of sp³-hybridized carbons (Fsp3) is 0.435. The van der Waals surface area contributed by atoms with E-state index in [-0.39, 0.29) is 18.3 Å². The average Bonchev–Trinajstić information content (AvgIpc) is 2.84. The van der Waals surface area contributed by atoms with Gasteiger partial charge in [0.15, 0.2) is 11.6 Å². The minimum atomic E-state index is -0.338. The number of hydrogen-bond acceptors (Lipinski definition) is 7. The number of nitrogens with zero attached hydrogens (tertiary/aromatic N) is 6. The number of halogens is 1. The largest absolute Gasteiger partial charge is 0.395 e. The average molecular weight is 441 g/mol. The molecular formula is C23H29FN6O2. The SMILES string of the molecule is O=C(/C=C/c1ccccc1F)N1CCN(c2ccc(N3CCN(CCO)CC3)nn2)CC1.